The molecule has 174 valence electrons. The molecule has 0 aliphatic heterocycles. The zero-order chi connectivity index (χ0) is 22.9. The summed E-state index contributed by atoms with van der Waals surface area (Å²) in [5.74, 6) is 1.45. The Balaban J connectivity index is 1.42. The van der Waals surface area contributed by atoms with Gasteiger partial charge < -0.3 is 10.2 Å². The second-order valence-corrected chi connectivity index (χ2v) is 11.1. The number of allylic oxidation sites excluding steroid dienone is 1. The van der Waals surface area contributed by atoms with Crippen LogP contribution in [0, 0.1) is 28.6 Å². The average molecular weight is 447 g/mol. The molecule has 2 N–H and O–H groups in total. The highest BCUT2D eigenvalue weighted by Crippen LogP contribution is 2.65. The van der Waals surface area contributed by atoms with Crippen LogP contribution in [0.4, 0.5) is 13.2 Å². The van der Waals surface area contributed by atoms with E-state index in [9.17, 15) is 23.4 Å². The van der Waals surface area contributed by atoms with E-state index >= 15 is 0 Å². The highest BCUT2D eigenvalue weighted by molar-refractivity contribution is 5.56. The van der Waals surface area contributed by atoms with Crippen molar-refractivity contribution in [3.63, 3.8) is 0 Å². The van der Waals surface area contributed by atoms with Crippen LogP contribution in [-0.2, 0) is 6.18 Å². The summed E-state index contributed by atoms with van der Waals surface area (Å²) in [4.78, 5) is 0. The second-order valence-electron chi connectivity index (χ2n) is 11.1. The number of aliphatic hydroxyl groups is 2. The Morgan fingerprint density at radius 2 is 1.69 bits per heavy atom. The summed E-state index contributed by atoms with van der Waals surface area (Å²) in [6.07, 6.45) is 5.73. The van der Waals surface area contributed by atoms with Crippen molar-refractivity contribution in [2.45, 2.75) is 77.2 Å². The van der Waals surface area contributed by atoms with Crippen LogP contribution < -0.4 is 0 Å². The normalized spacial score (nSPS) is 42.8. The molecular weight excluding hydrogens is 413 g/mol. The minimum absolute atomic E-state index is 0.147. The van der Waals surface area contributed by atoms with Crippen molar-refractivity contribution < 1.29 is 23.4 Å². The molecule has 3 fully saturated rings. The van der Waals surface area contributed by atoms with E-state index in [0.717, 1.165) is 62.7 Å². The van der Waals surface area contributed by atoms with E-state index in [0.29, 0.717) is 23.3 Å². The molecule has 0 aromatic heterocycles. The van der Waals surface area contributed by atoms with Crippen LogP contribution in [0.15, 0.2) is 41.5 Å². The van der Waals surface area contributed by atoms with Gasteiger partial charge in [0.05, 0.1) is 17.8 Å². The SMILES string of the molecule is C[C@]12CC[C@@H]3[C@H](CC=C4C[C@@H](O)CC[C@@]43C)[C@H]1C/C(=C/c1ccc(C(F)(F)F)cc1)[C@H]2O. The van der Waals surface area contributed by atoms with Crippen molar-refractivity contribution >= 4 is 6.08 Å². The van der Waals surface area contributed by atoms with E-state index < -0.39 is 17.8 Å². The van der Waals surface area contributed by atoms with Crippen LogP contribution in [0.3, 0.4) is 0 Å². The summed E-state index contributed by atoms with van der Waals surface area (Å²) < 4.78 is 38.7. The molecule has 0 saturated heterocycles. The van der Waals surface area contributed by atoms with Crippen LogP contribution in [0.25, 0.3) is 6.08 Å². The molecule has 2 nitrogen and oxygen atoms in total. The Labute approximate surface area is 188 Å². The molecular formula is C27H33F3O2. The molecule has 5 heteroatoms. The van der Waals surface area contributed by atoms with Crippen LogP contribution >= 0.6 is 0 Å². The zero-order valence-electron chi connectivity index (χ0n) is 18.8. The lowest BCUT2D eigenvalue weighted by Gasteiger charge is -2.57. The van der Waals surface area contributed by atoms with Gasteiger partial charge in [0.2, 0.25) is 0 Å². The van der Waals surface area contributed by atoms with Crippen LogP contribution in [0.2, 0.25) is 0 Å². The smallest absolute Gasteiger partial charge is 0.393 e. The molecule has 4 aliphatic rings. The van der Waals surface area contributed by atoms with Crippen molar-refractivity contribution in [2.24, 2.45) is 28.6 Å². The van der Waals surface area contributed by atoms with Gasteiger partial charge in [0.1, 0.15) is 0 Å². The van der Waals surface area contributed by atoms with E-state index in [2.05, 4.69) is 19.9 Å². The molecule has 0 heterocycles. The van der Waals surface area contributed by atoms with Crippen molar-refractivity contribution in [1.29, 1.82) is 0 Å². The number of aliphatic hydroxyl groups excluding tert-OH is 2. The summed E-state index contributed by atoms with van der Waals surface area (Å²) in [5.41, 5.74) is 2.41. The third-order valence-corrected chi connectivity index (χ3v) is 9.54. The molecule has 3 saturated carbocycles. The van der Waals surface area contributed by atoms with E-state index in [1.807, 2.05) is 6.08 Å². The van der Waals surface area contributed by atoms with Gasteiger partial charge in [-0.3, -0.25) is 0 Å². The van der Waals surface area contributed by atoms with Crippen molar-refractivity contribution in [3.8, 4) is 0 Å². The summed E-state index contributed by atoms with van der Waals surface area (Å²) in [5, 5.41) is 21.5. The summed E-state index contributed by atoms with van der Waals surface area (Å²) in [6, 6.07) is 5.23. The fraction of sp³-hybridized carbons (Fsp3) is 0.630. The molecule has 5 rings (SSSR count). The third-order valence-electron chi connectivity index (χ3n) is 9.54. The standard InChI is InChI=1S/C27H33F3O2/c1-25-11-9-20(31)15-19(25)7-8-21-22(25)10-12-26(2)23(21)14-17(24(26)32)13-16-3-5-18(6-4-16)27(28,29)30/h3-7,13,20-24,31-32H,8-12,14-15H2,1-2H3/b17-13-/t20-,21-,22+,23+,24+,25-,26-/m0/s1. The Morgan fingerprint density at radius 3 is 2.38 bits per heavy atom. The fourth-order valence-corrected chi connectivity index (χ4v) is 7.62. The van der Waals surface area contributed by atoms with Crippen molar-refractivity contribution in [1.82, 2.24) is 0 Å². The van der Waals surface area contributed by atoms with E-state index in [-0.39, 0.29) is 16.9 Å². The van der Waals surface area contributed by atoms with Crippen LogP contribution in [-0.4, -0.2) is 22.4 Å². The molecule has 0 spiro atoms. The first-order chi connectivity index (χ1) is 15.0. The topological polar surface area (TPSA) is 40.5 Å². The number of alkyl halides is 3. The molecule has 1 aromatic carbocycles. The number of benzene rings is 1. The summed E-state index contributed by atoms with van der Waals surface area (Å²) in [6.45, 7) is 4.59. The minimum Gasteiger partial charge on any atom is -0.393 e. The summed E-state index contributed by atoms with van der Waals surface area (Å²) in [7, 11) is 0. The molecule has 7 atom stereocenters. The van der Waals surface area contributed by atoms with Gasteiger partial charge in [-0.15, -0.1) is 0 Å². The second kappa shape index (κ2) is 7.46. The molecule has 0 unspecified atom stereocenters. The van der Waals surface area contributed by atoms with Gasteiger partial charge >= 0.3 is 6.18 Å². The zero-order valence-corrected chi connectivity index (χ0v) is 18.8. The molecule has 1 aromatic rings. The largest absolute Gasteiger partial charge is 0.416 e. The van der Waals surface area contributed by atoms with Gasteiger partial charge in [0, 0.05) is 5.41 Å². The molecule has 32 heavy (non-hydrogen) atoms. The van der Waals surface area contributed by atoms with E-state index in [1.54, 1.807) is 0 Å². The molecule has 0 bridgehead atoms. The maximum atomic E-state index is 12.9. The van der Waals surface area contributed by atoms with Gasteiger partial charge in [0.25, 0.3) is 0 Å². The highest BCUT2D eigenvalue weighted by atomic mass is 19.4. The quantitative estimate of drug-likeness (QED) is 0.491. The number of hydrogen-bond donors (Lipinski definition) is 2. The van der Waals surface area contributed by atoms with Gasteiger partial charge in [-0.2, -0.15) is 13.2 Å². The van der Waals surface area contributed by atoms with E-state index in [1.165, 1.54) is 17.7 Å². The average Bonchev–Trinajstić information content (AvgIpc) is 2.99. The first-order valence-electron chi connectivity index (χ1n) is 12.0. The van der Waals surface area contributed by atoms with Crippen LogP contribution in [0.1, 0.15) is 69.9 Å². The minimum atomic E-state index is -4.34. The Morgan fingerprint density at radius 1 is 0.969 bits per heavy atom. The Hall–Kier alpha value is -1.59. The molecule has 4 aliphatic carbocycles. The number of halogens is 3. The highest BCUT2D eigenvalue weighted by Gasteiger charge is 2.59. The Bertz CT molecular complexity index is 947. The van der Waals surface area contributed by atoms with Gasteiger partial charge in [-0.1, -0.05) is 43.7 Å². The predicted molar refractivity (Wildman–Crippen MR) is 119 cm³/mol. The Kier molecular flexibility index (Phi) is 5.18. The molecule has 0 amide bonds. The maximum absolute atomic E-state index is 12.9. The maximum Gasteiger partial charge on any atom is 0.416 e. The van der Waals surface area contributed by atoms with Crippen molar-refractivity contribution in [3.05, 3.63) is 52.6 Å². The first kappa shape index (κ1) is 22.2. The number of rotatable bonds is 1. The van der Waals surface area contributed by atoms with Crippen LogP contribution in [0.5, 0.6) is 0 Å². The lowest BCUT2D eigenvalue weighted by molar-refractivity contribution is -0.137. The predicted octanol–water partition coefficient (Wildman–Crippen LogP) is 6.38. The van der Waals surface area contributed by atoms with Gasteiger partial charge in [0.15, 0.2) is 0 Å². The van der Waals surface area contributed by atoms with Crippen molar-refractivity contribution in [2.75, 3.05) is 0 Å². The van der Waals surface area contributed by atoms with Gasteiger partial charge in [-0.05, 0) is 91.4 Å². The van der Waals surface area contributed by atoms with Gasteiger partial charge in [-0.25, -0.2) is 0 Å². The lowest BCUT2D eigenvalue weighted by atomic mass is 9.48. The number of hydrogen-bond acceptors (Lipinski definition) is 2. The lowest BCUT2D eigenvalue weighted by Crippen LogP contribution is -2.51. The fourth-order valence-electron chi connectivity index (χ4n) is 7.62. The monoisotopic (exact) mass is 446 g/mol. The number of fused-ring (bicyclic) bond motifs is 5. The van der Waals surface area contributed by atoms with E-state index in [4.69, 9.17) is 0 Å². The summed E-state index contributed by atoms with van der Waals surface area (Å²) >= 11 is 0. The first-order valence-corrected chi connectivity index (χ1v) is 12.0. The third kappa shape index (κ3) is 3.38. The molecule has 0 radical (unpaired) electrons.